The number of benzene rings is 1. The molecule has 0 saturated heterocycles. The fourth-order valence-electron chi connectivity index (χ4n) is 2.34. The molecule has 0 aromatic heterocycles. The van der Waals surface area contributed by atoms with Crippen molar-refractivity contribution in [2.45, 2.75) is 59.1 Å². The largest absolute Gasteiger partial charge is 0.379 e. The van der Waals surface area contributed by atoms with E-state index in [2.05, 4.69) is 58.1 Å². The van der Waals surface area contributed by atoms with Crippen molar-refractivity contribution >= 4 is 0 Å². The van der Waals surface area contributed by atoms with Crippen LogP contribution < -0.4 is 5.32 Å². The maximum absolute atomic E-state index is 5.53. The smallest absolute Gasteiger partial charge is 0.0623 e. The van der Waals surface area contributed by atoms with Crippen LogP contribution in [-0.2, 0) is 4.74 Å². The van der Waals surface area contributed by atoms with Gasteiger partial charge in [0, 0.05) is 13.2 Å². The van der Waals surface area contributed by atoms with Gasteiger partial charge in [0.2, 0.25) is 0 Å². The first-order valence-corrected chi connectivity index (χ1v) is 7.25. The van der Waals surface area contributed by atoms with E-state index in [1.165, 1.54) is 16.7 Å². The first kappa shape index (κ1) is 16.2. The summed E-state index contributed by atoms with van der Waals surface area (Å²) >= 11 is 0. The maximum Gasteiger partial charge on any atom is 0.0623 e. The minimum absolute atomic E-state index is 0.0502. The molecular formula is C17H29NO. The van der Waals surface area contributed by atoms with Crippen LogP contribution in [0.4, 0.5) is 0 Å². The van der Waals surface area contributed by atoms with E-state index in [4.69, 9.17) is 4.74 Å². The van der Waals surface area contributed by atoms with Gasteiger partial charge < -0.3 is 10.1 Å². The van der Waals surface area contributed by atoms with E-state index in [-0.39, 0.29) is 5.60 Å². The zero-order chi connectivity index (χ0) is 14.5. The number of hydrogen-bond donors (Lipinski definition) is 1. The minimum atomic E-state index is -0.0502. The molecule has 1 unspecified atom stereocenters. The van der Waals surface area contributed by atoms with Crippen molar-refractivity contribution in [1.29, 1.82) is 0 Å². The number of ether oxygens (including phenoxy) is 1. The van der Waals surface area contributed by atoms with Crippen LogP contribution in [-0.4, -0.2) is 19.3 Å². The molecule has 0 saturated carbocycles. The van der Waals surface area contributed by atoms with Crippen molar-refractivity contribution in [2.24, 2.45) is 0 Å². The quantitative estimate of drug-likeness (QED) is 0.797. The van der Waals surface area contributed by atoms with Gasteiger partial charge in [-0.2, -0.15) is 0 Å². The van der Waals surface area contributed by atoms with Crippen LogP contribution in [0.15, 0.2) is 18.2 Å². The van der Waals surface area contributed by atoms with Crippen LogP contribution in [0.5, 0.6) is 0 Å². The Kier molecular flexibility index (Phi) is 6.02. The van der Waals surface area contributed by atoms with Crippen LogP contribution in [0.25, 0.3) is 0 Å². The fourth-order valence-corrected chi connectivity index (χ4v) is 2.34. The molecule has 0 heterocycles. The summed E-state index contributed by atoms with van der Waals surface area (Å²) in [7, 11) is 1.79. The van der Waals surface area contributed by atoms with Gasteiger partial charge in [-0.1, -0.05) is 30.7 Å². The van der Waals surface area contributed by atoms with Crippen LogP contribution in [0, 0.1) is 13.8 Å². The molecule has 0 amide bonds. The second-order valence-corrected chi connectivity index (χ2v) is 5.97. The molecular weight excluding hydrogens is 234 g/mol. The fraction of sp³-hybridized carbons (Fsp3) is 0.647. The van der Waals surface area contributed by atoms with Crippen molar-refractivity contribution in [1.82, 2.24) is 5.32 Å². The molecule has 1 atom stereocenters. The number of rotatable bonds is 7. The Morgan fingerprint density at radius 3 is 2.53 bits per heavy atom. The van der Waals surface area contributed by atoms with Crippen LogP contribution in [0.3, 0.4) is 0 Å². The maximum atomic E-state index is 5.53. The van der Waals surface area contributed by atoms with Gasteiger partial charge in [0.05, 0.1) is 5.60 Å². The predicted molar refractivity (Wildman–Crippen MR) is 82.7 cm³/mol. The van der Waals surface area contributed by atoms with Gasteiger partial charge in [-0.25, -0.2) is 0 Å². The molecule has 0 aliphatic rings. The summed E-state index contributed by atoms with van der Waals surface area (Å²) in [5.41, 5.74) is 4.07. The average molecular weight is 263 g/mol. The summed E-state index contributed by atoms with van der Waals surface area (Å²) in [5.74, 6) is 0. The molecule has 1 N–H and O–H groups in total. The van der Waals surface area contributed by atoms with E-state index in [9.17, 15) is 0 Å². The third kappa shape index (κ3) is 4.96. The Bertz CT molecular complexity index is 398. The minimum Gasteiger partial charge on any atom is -0.379 e. The van der Waals surface area contributed by atoms with E-state index in [1.807, 2.05) is 0 Å². The molecule has 19 heavy (non-hydrogen) atoms. The Morgan fingerprint density at radius 1 is 1.26 bits per heavy atom. The Morgan fingerprint density at radius 2 is 1.95 bits per heavy atom. The van der Waals surface area contributed by atoms with Crippen molar-refractivity contribution in [3.8, 4) is 0 Å². The second kappa shape index (κ2) is 7.06. The topological polar surface area (TPSA) is 21.3 Å². The highest BCUT2D eigenvalue weighted by Crippen LogP contribution is 2.27. The van der Waals surface area contributed by atoms with E-state index >= 15 is 0 Å². The lowest BCUT2D eigenvalue weighted by Gasteiger charge is -2.27. The molecule has 1 aromatic rings. The molecule has 1 rings (SSSR count). The van der Waals surface area contributed by atoms with Crippen LogP contribution in [0.2, 0.25) is 0 Å². The highest BCUT2D eigenvalue weighted by Gasteiger charge is 2.20. The molecule has 0 fully saturated rings. The van der Waals surface area contributed by atoms with Gasteiger partial charge in [0.1, 0.15) is 0 Å². The standard InChI is InChI=1S/C17H29NO/c1-7-18-16(10-11-17(4,5)19-6)15-12-13(2)8-9-14(15)3/h8-9,12,16,18H,7,10-11H2,1-6H3. The summed E-state index contributed by atoms with van der Waals surface area (Å²) in [4.78, 5) is 0. The van der Waals surface area contributed by atoms with E-state index < -0.39 is 0 Å². The Hall–Kier alpha value is -0.860. The van der Waals surface area contributed by atoms with Gasteiger partial charge in [-0.15, -0.1) is 0 Å². The van der Waals surface area contributed by atoms with Gasteiger partial charge in [-0.3, -0.25) is 0 Å². The van der Waals surface area contributed by atoms with E-state index in [0.29, 0.717) is 6.04 Å². The van der Waals surface area contributed by atoms with Gasteiger partial charge in [0.15, 0.2) is 0 Å². The highest BCUT2D eigenvalue weighted by molar-refractivity contribution is 5.33. The van der Waals surface area contributed by atoms with Crippen molar-refractivity contribution in [3.63, 3.8) is 0 Å². The summed E-state index contributed by atoms with van der Waals surface area (Å²) in [5, 5.41) is 3.61. The average Bonchev–Trinajstić information content (AvgIpc) is 2.37. The van der Waals surface area contributed by atoms with Crippen molar-refractivity contribution in [3.05, 3.63) is 34.9 Å². The summed E-state index contributed by atoms with van der Waals surface area (Å²) in [6, 6.07) is 7.12. The SMILES string of the molecule is CCNC(CCC(C)(C)OC)c1cc(C)ccc1C. The number of nitrogens with one attached hydrogen (secondary N) is 1. The lowest BCUT2D eigenvalue weighted by Crippen LogP contribution is -2.27. The zero-order valence-electron chi connectivity index (χ0n) is 13.3. The van der Waals surface area contributed by atoms with Crippen LogP contribution >= 0.6 is 0 Å². The summed E-state index contributed by atoms with van der Waals surface area (Å²) in [6.07, 6.45) is 2.15. The highest BCUT2D eigenvalue weighted by atomic mass is 16.5. The third-order valence-corrected chi connectivity index (χ3v) is 3.85. The predicted octanol–water partition coefficient (Wildman–Crippen LogP) is 4.16. The molecule has 1 aromatic carbocycles. The monoisotopic (exact) mass is 263 g/mol. The lowest BCUT2D eigenvalue weighted by atomic mass is 9.91. The zero-order valence-corrected chi connectivity index (χ0v) is 13.3. The first-order chi connectivity index (χ1) is 8.89. The molecule has 0 spiro atoms. The van der Waals surface area contributed by atoms with Gasteiger partial charge in [-0.05, 0) is 58.2 Å². The number of aryl methyl sites for hydroxylation is 2. The van der Waals surface area contributed by atoms with Crippen LogP contribution in [0.1, 0.15) is 56.3 Å². The Labute approximate surface area is 118 Å². The first-order valence-electron chi connectivity index (χ1n) is 7.25. The second-order valence-electron chi connectivity index (χ2n) is 5.97. The van der Waals surface area contributed by atoms with E-state index in [0.717, 1.165) is 19.4 Å². The molecule has 0 bridgehead atoms. The number of methoxy groups -OCH3 is 1. The lowest BCUT2D eigenvalue weighted by molar-refractivity contribution is 0.0117. The van der Waals surface area contributed by atoms with Gasteiger partial charge in [0.25, 0.3) is 0 Å². The third-order valence-electron chi connectivity index (χ3n) is 3.85. The summed E-state index contributed by atoms with van der Waals surface area (Å²) in [6.45, 7) is 11.8. The van der Waals surface area contributed by atoms with Crippen molar-refractivity contribution < 1.29 is 4.74 Å². The molecule has 0 radical (unpaired) electrons. The molecule has 0 aliphatic heterocycles. The normalized spacial score (nSPS) is 13.6. The number of hydrogen-bond acceptors (Lipinski definition) is 2. The Balaban J connectivity index is 2.85. The molecule has 108 valence electrons. The summed E-state index contributed by atoms with van der Waals surface area (Å²) < 4.78 is 5.53. The van der Waals surface area contributed by atoms with E-state index in [1.54, 1.807) is 7.11 Å². The molecule has 2 nitrogen and oxygen atoms in total. The molecule has 2 heteroatoms. The van der Waals surface area contributed by atoms with Gasteiger partial charge >= 0.3 is 0 Å². The van der Waals surface area contributed by atoms with Crippen molar-refractivity contribution in [2.75, 3.05) is 13.7 Å². The molecule has 0 aliphatic carbocycles.